The summed E-state index contributed by atoms with van der Waals surface area (Å²) in [6, 6.07) is 11.1. The van der Waals surface area contributed by atoms with Crippen molar-refractivity contribution in [2.75, 3.05) is 37.0 Å². The van der Waals surface area contributed by atoms with E-state index in [0.717, 1.165) is 67.9 Å². The van der Waals surface area contributed by atoms with Crippen LogP contribution in [0, 0.1) is 11.8 Å². The first kappa shape index (κ1) is 32.1. The highest BCUT2D eigenvalue weighted by Gasteiger charge is 2.31. The average Bonchev–Trinajstić information content (AvgIpc) is 2.98. The first-order valence-electron chi connectivity index (χ1n) is 15.0. The molecular formula is C33H43ClN2O5S. The zero-order valence-electron chi connectivity index (χ0n) is 24.5. The molecule has 2 aliphatic rings. The number of halogens is 1. The second kappa shape index (κ2) is 15.6. The number of anilines is 1. The van der Waals surface area contributed by atoms with E-state index in [1.54, 1.807) is 24.3 Å². The lowest BCUT2D eigenvalue weighted by molar-refractivity contribution is 0.0981. The number of hydrogen-bond donors (Lipinski definition) is 1. The van der Waals surface area contributed by atoms with Crippen LogP contribution in [0.15, 0.2) is 61.2 Å². The molecule has 4 rings (SSSR count). The maximum absolute atomic E-state index is 13.1. The van der Waals surface area contributed by atoms with Crippen molar-refractivity contribution in [2.45, 2.75) is 58.5 Å². The van der Waals surface area contributed by atoms with Crippen molar-refractivity contribution < 1.29 is 22.7 Å². The molecule has 1 aliphatic heterocycles. The number of allylic oxidation sites excluding steroid dienone is 2. The molecule has 7 nitrogen and oxygen atoms in total. The molecule has 1 saturated carbocycles. The van der Waals surface area contributed by atoms with Gasteiger partial charge in [-0.2, -0.15) is 0 Å². The molecule has 0 saturated heterocycles. The smallest absolute Gasteiger partial charge is 0.264 e. The fourth-order valence-corrected chi connectivity index (χ4v) is 6.50. The van der Waals surface area contributed by atoms with Crippen LogP contribution in [0.5, 0.6) is 5.75 Å². The molecule has 0 spiro atoms. The molecule has 0 radical (unpaired) electrons. The molecule has 2 aromatic rings. The van der Waals surface area contributed by atoms with Gasteiger partial charge in [0, 0.05) is 23.7 Å². The van der Waals surface area contributed by atoms with Gasteiger partial charge in [-0.3, -0.25) is 4.79 Å². The van der Waals surface area contributed by atoms with Crippen LogP contribution >= 0.6 is 11.6 Å². The number of fused-ring (bicyclic) bond motifs is 2. The number of rotatable bonds is 12. The summed E-state index contributed by atoms with van der Waals surface area (Å²) >= 11 is 6.31. The molecule has 1 aliphatic carbocycles. The fraction of sp³-hybridized carbons (Fsp3) is 0.485. The Labute approximate surface area is 256 Å². The number of nitrogens with one attached hydrogen (secondary N) is 1. The Kier molecular flexibility index (Phi) is 11.9. The summed E-state index contributed by atoms with van der Waals surface area (Å²) in [4.78, 5) is 15.5. The summed E-state index contributed by atoms with van der Waals surface area (Å²) in [5, 5.41) is 0.718. The Bertz CT molecular complexity index is 1360. The van der Waals surface area contributed by atoms with Crippen molar-refractivity contribution in [1.82, 2.24) is 4.72 Å². The van der Waals surface area contributed by atoms with Crippen LogP contribution in [-0.4, -0.2) is 46.4 Å². The number of amides is 1. The number of benzene rings is 2. The largest absolute Gasteiger partial charge is 0.487 e. The van der Waals surface area contributed by atoms with Gasteiger partial charge >= 0.3 is 0 Å². The second-order valence-electron chi connectivity index (χ2n) is 11.1. The van der Waals surface area contributed by atoms with Gasteiger partial charge in [0.1, 0.15) is 12.4 Å². The lowest BCUT2D eigenvalue weighted by Crippen LogP contribution is -2.38. The molecule has 42 heavy (non-hydrogen) atoms. The molecule has 1 fully saturated rings. The van der Waals surface area contributed by atoms with Crippen LogP contribution in [-0.2, 0) is 27.8 Å². The SMILES string of the molecule is C=CCOCCS(=O)(=O)NC(=O)c1ccc2c(c1)N(C[C@@H]1CC[C@H]1/C=C/CCC)CCCCc1cc(Cl)ccc1CO2. The number of ether oxygens (including phenoxy) is 2. The third kappa shape index (κ3) is 9.09. The van der Waals surface area contributed by atoms with Gasteiger partial charge in [0.2, 0.25) is 10.0 Å². The van der Waals surface area contributed by atoms with Gasteiger partial charge in [-0.1, -0.05) is 49.2 Å². The third-order valence-corrected chi connectivity index (χ3v) is 9.42. The second-order valence-corrected chi connectivity index (χ2v) is 13.4. The van der Waals surface area contributed by atoms with Crippen molar-refractivity contribution >= 4 is 33.2 Å². The highest BCUT2D eigenvalue weighted by atomic mass is 35.5. The Morgan fingerprint density at radius 1 is 1.19 bits per heavy atom. The van der Waals surface area contributed by atoms with Crippen LogP contribution in [0.3, 0.4) is 0 Å². The molecule has 9 heteroatoms. The zero-order chi connectivity index (χ0) is 30.0. The maximum atomic E-state index is 13.1. The van der Waals surface area contributed by atoms with Crippen molar-refractivity contribution in [3.05, 3.63) is 82.9 Å². The Balaban J connectivity index is 1.59. The van der Waals surface area contributed by atoms with E-state index < -0.39 is 15.9 Å². The van der Waals surface area contributed by atoms with Crippen LogP contribution in [0.2, 0.25) is 5.02 Å². The van der Waals surface area contributed by atoms with Gasteiger partial charge < -0.3 is 14.4 Å². The number of sulfonamides is 1. The first-order valence-corrected chi connectivity index (χ1v) is 17.0. The van der Waals surface area contributed by atoms with Gasteiger partial charge in [0.15, 0.2) is 0 Å². The predicted octanol–water partition coefficient (Wildman–Crippen LogP) is 6.71. The van der Waals surface area contributed by atoms with Crippen LogP contribution < -0.4 is 14.4 Å². The zero-order valence-corrected chi connectivity index (χ0v) is 26.1. The molecule has 0 unspecified atom stereocenters. The molecule has 0 bridgehead atoms. The maximum Gasteiger partial charge on any atom is 0.264 e. The lowest BCUT2D eigenvalue weighted by Gasteiger charge is -2.40. The van der Waals surface area contributed by atoms with Crippen molar-refractivity contribution in [2.24, 2.45) is 11.8 Å². The number of carbonyl (C=O) groups excluding carboxylic acids is 1. The van der Waals surface area contributed by atoms with Gasteiger partial charge in [-0.25, -0.2) is 13.1 Å². The number of hydrogen-bond acceptors (Lipinski definition) is 6. The van der Waals surface area contributed by atoms with E-state index in [1.807, 2.05) is 18.2 Å². The third-order valence-electron chi connectivity index (χ3n) is 7.99. The van der Waals surface area contributed by atoms with E-state index >= 15 is 0 Å². The number of unbranched alkanes of at least 4 members (excludes halogenated alkanes) is 1. The Morgan fingerprint density at radius 2 is 2.05 bits per heavy atom. The minimum Gasteiger partial charge on any atom is -0.487 e. The number of nitrogens with zero attached hydrogens (tertiary/aromatic N) is 1. The Morgan fingerprint density at radius 3 is 2.81 bits per heavy atom. The Hall–Kier alpha value is -2.81. The van der Waals surface area contributed by atoms with E-state index in [2.05, 4.69) is 35.3 Å². The highest BCUT2D eigenvalue weighted by molar-refractivity contribution is 7.90. The lowest BCUT2D eigenvalue weighted by atomic mass is 9.73. The monoisotopic (exact) mass is 614 g/mol. The van der Waals surface area contributed by atoms with Crippen molar-refractivity contribution in [1.29, 1.82) is 0 Å². The molecule has 228 valence electrons. The van der Waals surface area contributed by atoms with E-state index in [-0.39, 0.29) is 24.5 Å². The van der Waals surface area contributed by atoms with Crippen LogP contribution in [0.1, 0.15) is 66.9 Å². The normalized spacial score (nSPS) is 19.1. The van der Waals surface area contributed by atoms with Gasteiger partial charge in [0.05, 0.1) is 24.7 Å². The minimum atomic E-state index is -3.86. The number of carbonyl (C=O) groups is 1. The molecule has 0 aromatic heterocycles. The highest BCUT2D eigenvalue weighted by Crippen LogP contribution is 2.39. The van der Waals surface area contributed by atoms with Gasteiger partial charge in [-0.15, -0.1) is 6.58 Å². The molecule has 1 amide bonds. The molecule has 1 N–H and O–H groups in total. The van der Waals surface area contributed by atoms with Crippen LogP contribution in [0.25, 0.3) is 0 Å². The quantitative estimate of drug-likeness (QED) is 0.211. The fourth-order valence-electron chi connectivity index (χ4n) is 5.46. The summed E-state index contributed by atoms with van der Waals surface area (Å²) in [6.07, 6.45) is 13.7. The first-order chi connectivity index (χ1) is 20.3. The summed E-state index contributed by atoms with van der Waals surface area (Å²) < 4.78 is 38.9. The minimum absolute atomic E-state index is 0.0254. The van der Waals surface area contributed by atoms with E-state index in [0.29, 0.717) is 24.2 Å². The average molecular weight is 615 g/mol. The van der Waals surface area contributed by atoms with E-state index in [9.17, 15) is 13.2 Å². The van der Waals surface area contributed by atoms with Crippen molar-refractivity contribution in [3.8, 4) is 5.75 Å². The summed E-state index contributed by atoms with van der Waals surface area (Å²) in [6.45, 7) is 7.99. The summed E-state index contributed by atoms with van der Waals surface area (Å²) in [7, 11) is -3.86. The standard InChI is InChI=1S/C33H43ClN2O5S/c1-3-5-6-9-25-11-12-28(25)23-36-17-8-7-10-26-21-30(34)15-13-29(26)24-41-32-16-14-27(22-31(32)36)33(37)35-42(38,39)20-19-40-18-4-2/h4,6,9,13-16,21-22,25,28H,2-3,5,7-8,10-12,17-20,23-24H2,1H3,(H,35,37)/b9-6+/t25-,28+/m1/s1. The number of aryl methyl sites for hydroxylation is 1. The molecular weight excluding hydrogens is 572 g/mol. The molecule has 2 aromatic carbocycles. The van der Waals surface area contributed by atoms with Gasteiger partial charge in [-0.05, 0) is 91.8 Å². The summed E-state index contributed by atoms with van der Waals surface area (Å²) in [5.41, 5.74) is 3.37. The summed E-state index contributed by atoms with van der Waals surface area (Å²) in [5.74, 6) is 0.753. The topological polar surface area (TPSA) is 84.9 Å². The van der Waals surface area contributed by atoms with Crippen molar-refractivity contribution in [3.63, 3.8) is 0 Å². The molecule has 2 atom stereocenters. The molecule has 1 heterocycles. The van der Waals surface area contributed by atoms with Crippen LogP contribution in [0.4, 0.5) is 5.69 Å². The van der Waals surface area contributed by atoms with E-state index in [1.165, 1.54) is 12.0 Å². The van der Waals surface area contributed by atoms with E-state index in [4.69, 9.17) is 21.1 Å². The predicted molar refractivity (Wildman–Crippen MR) is 170 cm³/mol. The van der Waals surface area contributed by atoms with Gasteiger partial charge in [0.25, 0.3) is 5.91 Å².